The standard InChI is InChI=1S/C18H35NO2/c1-16(2)13-14(17(3,4)21-16)15(20)18(19(5)6)11-9-7-8-10-12-18/h14-15,20H,7-13H2,1-6H3. The molecule has 1 N–H and O–H groups in total. The Balaban J connectivity index is 2.28. The molecule has 0 radical (unpaired) electrons. The molecule has 1 heterocycles. The molecule has 1 saturated heterocycles. The van der Waals surface area contributed by atoms with Gasteiger partial charge >= 0.3 is 0 Å². The molecule has 3 nitrogen and oxygen atoms in total. The van der Waals surface area contributed by atoms with Gasteiger partial charge in [0.05, 0.1) is 17.3 Å². The topological polar surface area (TPSA) is 32.7 Å². The average Bonchev–Trinajstić information content (AvgIpc) is 2.55. The molecule has 0 aromatic carbocycles. The maximum atomic E-state index is 11.4. The van der Waals surface area contributed by atoms with Crippen molar-refractivity contribution in [2.75, 3.05) is 14.1 Å². The van der Waals surface area contributed by atoms with Crippen LogP contribution < -0.4 is 0 Å². The van der Waals surface area contributed by atoms with Gasteiger partial charge in [0.2, 0.25) is 0 Å². The van der Waals surface area contributed by atoms with E-state index in [-0.39, 0.29) is 28.8 Å². The predicted molar refractivity (Wildman–Crippen MR) is 87.5 cm³/mol. The summed E-state index contributed by atoms with van der Waals surface area (Å²) in [7, 11) is 4.28. The molecule has 124 valence electrons. The number of aliphatic hydroxyl groups is 1. The summed E-state index contributed by atoms with van der Waals surface area (Å²) < 4.78 is 6.24. The molecular formula is C18H35NO2. The van der Waals surface area contributed by atoms with E-state index in [4.69, 9.17) is 4.74 Å². The second kappa shape index (κ2) is 5.82. The van der Waals surface area contributed by atoms with E-state index in [1.807, 2.05) is 0 Å². The minimum absolute atomic E-state index is 0.0811. The summed E-state index contributed by atoms with van der Waals surface area (Å²) in [6, 6.07) is 0. The van der Waals surface area contributed by atoms with Gasteiger partial charge in [0.1, 0.15) is 0 Å². The molecule has 2 fully saturated rings. The summed E-state index contributed by atoms with van der Waals surface area (Å²) in [5, 5.41) is 11.4. The molecule has 1 saturated carbocycles. The van der Waals surface area contributed by atoms with Crippen molar-refractivity contribution in [3.8, 4) is 0 Å². The van der Waals surface area contributed by atoms with Crippen LogP contribution in [0.5, 0.6) is 0 Å². The lowest BCUT2D eigenvalue weighted by molar-refractivity contribution is -0.114. The predicted octanol–water partition coefficient (Wildman–Crippen LogP) is 3.60. The van der Waals surface area contributed by atoms with Crippen LogP contribution in [0.1, 0.15) is 72.6 Å². The third kappa shape index (κ3) is 3.30. The number of hydrogen-bond donors (Lipinski definition) is 1. The van der Waals surface area contributed by atoms with E-state index >= 15 is 0 Å². The second-order valence-electron chi connectivity index (χ2n) is 8.63. The van der Waals surface area contributed by atoms with Gasteiger partial charge in [-0.15, -0.1) is 0 Å². The fourth-order valence-electron chi connectivity index (χ4n) is 4.82. The molecule has 0 aromatic rings. The van der Waals surface area contributed by atoms with Crippen LogP contribution in [0.3, 0.4) is 0 Å². The molecule has 0 spiro atoms. The summed E-state index contributed by atoms with van der Waals surface area (Å²) in [5.41, 5.74) is -0.464. The summed E-state index contributed by atoms with van der Waals surface area (Å²) in [6.45, 7) is 8.60. The second-order valence-corrected chi connectivity index (χ2v) is 8.63. The van der Waals surface area contributed by atoms with Crippen molar-refractivity contribution in [3.63, 3.8) is 0 Å². The Kier molecular flexibility index (Phi) is 4.78. The first kappa shape index (κ1) is 17.2. The van der Waals surface area contributed by atoms with Crippen molar-refractivity contribution >= 4 is 0 Å². The van der Waals surface area contributed by atoms with E-state index in [1.54, 1.807) is 0 Å². The third-order valence-corrected chi connectivity index (χ3v) is 5.94. The van der Waals surface area contributed by atoms with Crippen molar-refractivity contribution in [1.82, 2.24) is 4.90 Å². The lowest BCUT2D eigenvalue weighted by atomic mass is 9.71. The number of hydrogen-bond acceptors (Lipinski definition) is 3. The summed E-state index contributed by atoms with van der Waals surface area (Å²) >= 11 is 0. The van der Waals surface area contributed by atoms with E-state index in [1.165, 1.54) is 25.7 Å². The molecular weight excluding hydrogens is 262 g/mol. The molecule has 2 rings (SSSR count). The van der Waals surface area contributed by atoms with Crippen LogP contribution in [0.15, 0.2) is 0 Å². The van der Waals surface area contributed by atoms with Gasteiger partial charge in [-0.1, -0.05) is 25.7 Å². The van der Waals surface area contributed by atoms with Crippen molar-refractivity contribution in [2.45, 2.75) is 95.5 Å². The van der Waals surface area contributed by atoms with Gasteiger partial charge in [0.15, 0.2) is 0 Å². The lowest BCUT2D eigenvalue weighted by Gasteiger charge is -2.47. The quantitative estimate of drug-likeness (QED) is 0.808. The molecule has 0 bridgehead atoms. The maximum Gasteiger partial charge on any atom is 0.0780 e. The Morgan fingerprint density at radius 1 is 1.00 bits per heavy atom. The Morgan fingerprint density at radius 3 is 1.90 bits per heavy atom. The van der Waals surface area contributed by atoms with E-state index in [0.29, 0.717) is 0 Å². The lowest BCUT2D eigenvalue weighted by Crippen LogP contribution is -2.58. The first-order chi connectivity index (χ1) is 9.61. The van der Waals surface area contributed by atoms with Gasteiger partial charge in [-0.25, -0.2) is 0 Å². The number of nitrogens with zero attached hydrogens (tertiary/aromatic N) is 1. The monoisotopic (exact) mass is 297 g/mol. The van der Waals surface area contributed by atoms with Gasteiger partial charge in [0, 0.05) is 11.5 Å². The van der Waals surface area contributed by atoms with Crippen LogP contribution in [0.2, 0.25) is 0 Å². The Bertz CT molecular complexity index is 354. The summed E-state index contributed by atoms with van der Waals surface area (Å²) in [4.78, 5) is 2.30. The minimum atomic E-state index is -0.317. The molecule has 1 aliphatic carbocycles. The molecule has 2 unspecified atom stereocenters. The highest BCUT2D eigenvalue weighted by Gasteiger charge is 2.54. The highest BCUT2D eigenvalue weighted by Crippen LogP contribution is 2.48. The zero-order chi connectivity index (χ0) is 15.9. The van der Waals surface area contributed by atoms with E-state index in [2.05, 4.69) is 46.7 Å². The van der Waals surface area contributed by atoms with Crippen LogP contribution in [0.25, 0.3) is 0 Å². The molecule has 0 amide bonds. The van der Waals surface area contributed by atoms with Gasteiger partial charge in [-0.2, -0.15) is 0 Å². The van der Waals surface area contributed by atoms with Crippen LogP contribution in [0.4, 0.5) is 0 Å². The van der Waals surface area contributed by atoms with Gasteiger partial charge in [-0.05, 0) is 61.1 Å². The Morgan fingerprint density at radius 2 is 1.52 bits per heavy atom. The maximum absolute atomic E-state index is 11.4. The van der Waals surface area contributed by atoms with Crippen molar-refractivity contribution in [2.24, 2.45) is 5.92 Å². The van der Waals surface area contributed by atoms with Crippen LogP contribution in [0, 0.1) is 5.92 Å². The Hall–Kier alpha value is -0.120. The highest BCUT2D eigenvalue weighted by molar-refractivity contribution is 5.06. The third-order valence-electron chi connectivity index (χ3n) is 5.94. The SMILES string of the molecule is CN(C)C1(C(O)C2CC(C)(C)OC2(C)C)CCCCCC1. The van der Waals surface area contributed by atoms with Crippen LogP contribution >= 0.6 is 0 Å². The first-order valence-electron chi connectivity index (χ1n) is 8.66. The number of aliphatic hydroxyl groups excluding tert-OH is 1. The molecule has 2 aliphatic rings. The number of ether oxygens (including phenoxy) is 1. The van der Waals surface area contributed by atoms with Crippen molar-refractivity contribution in [3.05, 3.63) is 0 Å². The largest absolute Gasteiger partial charge is 0.391 e. The molecule has 3 heteroatoms. The fraction of sp³-hybridized carbons (Fsp3) is 1.00. The zero-order valence-electron chi connectivity index (χ0n) is 14.9. The van der Waals surface area contributed by atoms with Crippen LogP contribution in [-0.2, 0) is 4.74 Å². The van der Waals surface area contributed by atoms with Gasteiger partial charge in [0.25, 0.3) is 0 Å². The normalized spacial score (nSPS) is 32.9. The zero-order valence-corrected chi connectivity index (χ0v) is 14.9. The smallest absolute Gasteiger partial charge is 0.0780 e. The molecule has 1 aliphatic heterocycles. The van der Waals surface area contributed by atoms with E-state index in [0.717, 1.165) is 19.3 Å². The number of rotatable bonds is 3. The highest BCUT2D eigenvalue weighted by atomic mass is 16.5. The van der Waals surface area contributed by atoms with E-state index in [9.17, 15) is 5.11 Å². The van der Waals surface area contributed by atoms with Gasteiger partial charge < -0.3 is 14.7 Å². The van der Waals surface area contributed by atoms with Crippen molar-refractivity contribution in [1.29, 1.82) is 0 Å². The molecule has 2 atom stereocenters. The molecule has 0 aromatic heterocycles. The summed E-state index contributed by atoms with van der Waals surface area (Å²) in [5.74, 6) is 0.202. The van der Waals surface area contributed by atoms with Crippen LogP contribution in [-0.4, -0.2) is 46.9 Å². The summed E-state index contributed by atoms with van der Waals surface area (Å²) in [6.07, 6.45) is 7.90. The van der Waals surface area contributed by atoms with Gasteiger partial charge in [-0.3, -0.25) is 0 Å². The van der Waals surface area contributed by atoms with E-state index < -0.39 is 0 Å². The number of likely N-dealkylation sites (N-methyl/N-ethyl adjacent to an activating group) is 1. The Labute approximate surface area is 131 Å². The average molecular weight is 297 g/mol. The molecule has 21 heavy (non-hydrogen) atoms. The van der Waals surface area contributed by atoms with Crippen molar-refractivity contribution < 1.29 is 9.84 Å². The first-order valence-corrected chi connectivity index (χ1v) is 8.66. The minimum Gasteiger partial charge on any atom is -0.391 e. The fourth-order valence-corrected chi connectivity index (χ4v) is 4.82.